The molecular formula is C11H13O4. The standard InChI is InChI=1S/C11H13O4/c1-3-15-10-8(7-12)5-4-6-9(10)11(13)14-2/h4-7,12H,3H2,1-2H3. The van der Waals surface area contributed by atoms with Gasteiger partial charge in [-0.15, -0.1) is 0 Å². The minimum Gasteiger partial charge on any atom is -0.493 e. The number of hydrogen-bond acceptors (Lipinski definition) is 4. The van der Waals surface area contributed by atoms with E-state index in [1.165, 1.54) is 7.11 Å². The number of rotatable bonds is 4. The Hall–Kier alpha value is -1.55. The second-order valence-electron chi connectivity index (χ2n) is 2.78. The van der Waals surface area contributed by atoms with Gasteiger partial charge in [0.25, 0.3) is 0 Å². The monoisotopic (exact) mass is 209 g/mol. The summed E-state index contributed by atoms with van der Waals surface area (Å²) in [6.45, 7) is 3.11. The minimum atomic E-state index is -0.484. The van der Waals surface area contributed by atoms with Crippen LogP contribution in [0.3, 0.4) is 0 Å². The van der Waals surface area contributed by atoms with Crippen LogP contribution in [0.25, 0.3) is 0 Å². The van der Waals surface area contributed by atoms with Crippen molar-refractivity contribution in [3.05, 3.63) is 35.9 Å². The van der Waals surface area contributed by atoms with E-state index in [1.54, 1.807) is 25.1 Å². The van der Waals surface area contributed by atoms with Crippen molar-refractivity contribution in [1.82, 2.24) is 0 Å². The average molecular weight is 209 g/mol. The first kappa shape index (κ1) is 11.5. The number of carbonyl (C=O) groups is 1. The maximum Gasteiger partial charge on any atom is 0.341 e. The van der Waals surface area contributed by atoms with Crippen molar-refractivity contribution in [2.24, 2.45) is 0 Å². The molecule has 0 heterocycles. The van der Waals surface area contributed by atoms with E-state index in [0.29, 0.717) is 23.5 Å². The van der Waals surface area contributed by atoms with E-state index < -0.39 is 5.97 Å². The molecule has 1 aromatic carbocycles. The fraction of sp³-hybridized carbons (Fsp3) is 0.273. The average Bonchev–Trinajstić information content (AvgIpc) is 2.28. The predicted octanol–water partition coefficient (Wildman–Crippen LogP) is 1.75. The molecular weight excluding hydrogens is 196 g/mol. The maximum atomic E-state index is 11.4. The number of hydrogen-bond donors (Lipinski definition) is 1. The van der Waals surface area contributed by atoms with Crippen molar-refractivity contribution >= 4 is 5.97 Å². The molecule has 0 unspecified atom stereocenters. The molecule has 1 aromatic rings. The molecule has 0 bridgehead atoms. The quantitative estimate of drug-likeness (QED) is 0.767. The van der Waals surface area contributed by atoms with Crippen LogP contribution in [-0.2, 0) is 4.74 Å². The number of ether oxygens (including phenoxy) is 2. The van der Waals surface area contributed by atoms with Crippen molar-refractivity contribution in [3.63, 3.8) is 0 Å². The van der Waals surface area contributed by atoms with Crippen LogP contribution in [0.4, 0.5) is 0 Å². The number of aliphatic hydroxyl groups excluding tert-OH is 1. The van der Waals surface area contributed by atoms with Crippen LogP contribution in [0.5, 0.6) is 5.75 Å². The molecule has 0 aromatic heterocycles. The Morgan fingerprint density at radius 2 is 2.27 bits per heavy atom. The molecule has 0 amide bonds. The Labute approximate surface area is 88.4 Å². The van der Waals surface area contributed by atoms with Gasteiger partial charge in [0.05, 0.1) is 13.7 Å². The summed E-state index contributed by atoms with van der Waals surface area (Å²) in [6, 6.07) is 4.89. The van der Waals surface area contributed by atoms with Gasteiger partial charge < -0.3 is 14.6 Å². The molecule has 1 rings (SSSR count). The van der Waals surface area contributed by atoms with Crippen molar-refractivity contribution in [3.8, 4) is 5.75 Å². The first-order valence-corrected chi connectivity index (χ1v) is 4.56. The summed E-state index contributed by atoms with van der Waals surface area (Å²) in [5.74, 6) is -0.142. The van der Waals surface area contributed by atoms with E-state index in [4.69, 9.17) is 9.84 Å². The van der Waals surface area contributed by atoms with Crippen LogP contribution < -0.4 is 4.74 Å². The first-order valence-electron chi connectivity index (χ1n) is 4.56. The Bertz CT molecular complexity index is 346. The third kappa shape index (κ3) is 2.47. The van der Waals surface area contributed by atoms with Crippen LogP contribution >= 0.6 is 0 Å². The second kappa shape index (κ2) is 5.36. The van der Waals surface area contributed by atoms with E-state index >= 15 is 0 Å². The molecule has 0 aliphatic rings. The number of benzene rings is 1. The summed E-state index contributed by atoms with van der Waals surface area (Å²) in [5.41, 5.74) is 0.766. The molecule has 0 atom stereocenters. The molecule has 81 valence electrons. The van der Waals surface area contributed by atoms with Crippen LogP contribution in [0.2, 0.25) is 0 Å². The normalized spacial score (nSPS) is 9.80. The highest BCUT2D eigenvalue weighted by molar-refractivity contribution is 5.93. The van der Waals surface area contributed by atoms with Gasteiger partial charge in [0.15, 0.2) is 0 Å². The Balaban J connectivity index is 3.18. The smallest absolute Gasteiger partial charge is 0.341 e. The SMILES string of the molecule is CCOc1c([CH]O)cccc1C(=O)OC. The van der Waals surface area contributed by atoms with Crippen molar-refractivity contribution in [2.45, 2.75) is 6.92 Å². The van der Waals surface area contributed by atoms with Gasteiger partial charge in [-0.3, -0.25) is 0 Å². The predicted molar refractivity (Wildman–Crippen MR) is 54.3 cm³/mol. The van der Waals surface area contributed by atoms with Gasteiger partial charge in [0, 0.05) is 5.56 Å². The lowest BCUT2D eigenvalue weighted by Crippen LogP contribution is -2.07. The highest BCUT2D eigenvalue weighted by Gasteiger charge is 2.15. The third-order valence-electron chi connectivity index (χ3n) is 1.88. The van der Waals surface area contributed by atoms with Gasteiger partial charge in [-0.1, -0.05) is 12.1 Å². The molecule has 0 saturated heterocycles. The van der Waals surface area contributed by atoms with Crippen molar-refractivity contribution in [2.75, 3.05) is 13.7 Å². The zero-order chi connectivity index (χ0) is 11.3. The number of methoxy groups -OCH3 is 1. The summed E-state index contributed by atoms with van der Waals surface area (Å²) in [4.78, 5) is 11.4. The van der Waals surface area contributed by atoms with Gasteiger partial charge in [-0.2, -0.15) is 0 Å². The van der Waals surface area contributed by atoms with Gasteiger partial charge in [0.2, 0.25) is 0 Å². The van der Waals surface area contributed by atoms with Gasteiger partial charge in [-0.25, -0.2) is 4.79 Å². The zero-order valence-corrected chi connectivity index (χ0v) is 8.69. The number of aliphatic hydroxyl groups is 1. The molecule has 0 aliphatic carbocycles. The molecule has 4 nitrogen and oxygen atoms in total. The minimum absolute atomic E-state index is 0.308. The van der Waals surface area contributed by atoms with Gasteiger partial charge >= 0.3 is 5.97 Å². The lowest BCUT2D eigenvalue weighted by atomic mass is 10.1. The number of para-hydroxylation sites is 1. The molecule has 1 N–H and O–H groups in total. The van der Waals surface area contributed by atoms with Crippen LogP contribution in [0.1, 0.15) is 22.8 Å². The molecule has 4 heteroatoms. The van der Waals surface area contributed by atoms with Crippen molar-refractivity contribution < 1.29 is 19.4 Å². The summed E-state index contributed by atoms with van der Waals surface area (Å²) in [7, 11) is 1.30. The van der Waals surface area contributed by atoms with Crippen molar-refractivity contribution in [1.29, 1.82) is 0 Å². The molecule has 0 saturated carbocycles. The molecule has 15 heavy (non-hydrogen) atoms. The topological polar surface area (TPSA) is 55.8 Å². The Morgan fingerprint density at radius 1 is 1.53 bits per heavy atom. The summed E-state index contributed by atoms with van der Waals surface area (Å²) >= 11 is 0. The Morgan fingerprint density at radius 3 is 2.80 bits per heavy atom. The second-order valence-corrected chi connectivity index (χ2v) is 2.78. The summed E-state index contributed by atoms with van der Waals surface area (Å²) in [5, 5.41) is 8.97. The molecule has 0 fully saturated rings. The fourth-order valence-corrected chi connectivity index (χ4v) is 1.23. The fourth-order valence-electron chi connectivity index (χ4n) is 1.23. The van der Waals surface area contributed by atoms with E-state index in [9.17, 15) is 4.79 Å². The van der Waals surface area contributed by atoms with E-state index in [2.05, 4.69) is 4.74 Å². The van der Waals surface area contributed by atoms with Crippen LogP contribution in [0, 0.1) is 6.61 Å². The zero-order valence-electron chi connectivity index (χ0n) is 8.69. The van der Waals surface area contributed by atoms with E-state index in [0.717, 1.165) is 6.61 Å². The number of esters is 1. The maximum absolute atomic E-state index is 11.4. The lowest BCUT2D eigenvalue weighted by molar-refractivity contribution is 0.0596. The van der Waals surface area contributed by atoms with Crippen LogP contribution in [0.15, 0.2) is 18.2 Å². The molecule has 1 radical (unpaired) electrons. The highest BCUT2D eigenvalue weighted by atomic mass is 16.5. The third-order valence-corrected chi connectivity index (χ3v) is 1.88. The highest BCUT2D eigenvalue weighted by Crippen LogP contribution is 2.25. The van der Waals surface area contributed by atoms with E-state index in [-0.39, 0.29) is 0 Å². The molecule has 0 spiro atoms. The Kier molecular flexibility index (Phi) is 4.12. The number of carbonyl (C=O) groups excluding carboxylic acids is 1. The van der Waals surface area contributed by atoms with E-state index in [1.807, 2.05) is 0 Å². The largest absolute Gasteiger partial charge is 0.493 e. The first-order chi connectivity index (χ1) is 7.24. The van der Waals surface area contributed by atoms with Gasteiger partial charge in [0.1, 0.15) is 17.9 Å². The van der Waals surface area contributed by atoms with Crippen LogP contribution in [-0.4, -0.2) is 24.8 Å². The lowest BCUT2D eigenvalue weighted by Gasteiger charge is -2.11. The molecule has 0 aliphatic heterocycles. The summed E-state index contributed by atoms with van der Waals surface area (Å²) in [6.07, 6.45) is 0. The summed E-state index contributed by atoms with van der Waals surface area (Å²) < 4.78 is 9.90. The van der Waals surface area contributed by atoms with Gasteiger partial charge in [-0.05, 0) is 13.0 Å².